The van der Waals surface area contributed by atoms with E-state index in [9.17, 15) is 14.0 Å². The third kappa shape index (κ3) is 3.29. The molecule has 1 atom stereocenters. The van der Waals surface area contributed by atoms with Crippen molar-refractivity contribution in [3.05, 3.63) is 71.5 Å². The van der Waals surface area contributed by atoms with Crippen molar-refractivity contribution in [2.45, 2.75) is 13.0 Å². The second-order valence-corrected chi connectivity index (χ2v) is 4.29. The Morgan fingerprint density at radius 1 is 1.00 bits per heavy atom. The van der Waals surface area contributed by atoms with Gasteiger partial charge < -0.3 is 4.74 Å². The zero-order valence-corrected chi connectivity index (χ0v) is 10.9. The van der Waals surface area contributed by atoms with Gasteiger partial charge in [0.25, 0.3) is 5.78 Å². The first-order valence-electron chi connectivity index (χ1n) is 6.14. The molecule has 0 amide bonds. The topological polar surface area (TPSA) is 43.4 Å². The van der Waals surface area contributed by atoms with Crippen LogP contribution in [0.25, 0.3) is 0 Å². The summed E-state index contributed by atoms with van der Waals surface area (Å²) < 4.78 is 17.9. The largest absolute Gasteiger partial charge is 0.452 e. The lowest BCUT2D eigenvalue weighted by molar-refractivity contribution is -0.142. The van der Waals surface area contributed by atoms with E-state index in [0.717, 1.165) is 17.7 Å². The number of ether oxygens (including phenoxy) is 1. The molecule has 2 aromatic rings. The third-order valence-corrected chi connectivity index (χ3v) is 2.84. The fraction of sp³-hybridized carbons (Fsp3) is 0.125. The number of carbonyl (C=O) groups excluding carboxylic acids is 2. The summed E-state index contributed by atoms with van der Waals surface area (Å²) in [5.74, 6) is -2.20. The minimum Gasteiger partial charge on any atom is -0.452 e. The van der Waals surface area contributed by atoms with Crippen LogP contribution >= 0.6 is 0 Å². The molecule has 0 aromatic heterocycles. The number of Topliss-reactive ketones (excluding diaryl/α,β-unsaturated/α-hetero) is 1. The summed E-state index contributed by atoms with van der Waals surface area (Å²) in [6.45, 7) is 1.69. The highest BCUT2D eigenvalue weighted by atomic mass is 19.1. The van der Waals surface area contributed by atoms with Crippen LogP contribution in [0, 0.1) is 5.82 Å². The van der Waals surface area contributed by atoms with Crippen LogP contribution in [0.3, 0.4) is 0 Å². The van der Waals surface area contributed by atoms with Crippen LogP contribution in [0.2, 0.25) is 0 Å². The quantitative estimate of drug-likeness (QED) is 0.487. The lowest BCUT2D eigenvalue weighted by Gasteiger charge is -2.12. The second-order valence-electron chi connectivity index (χ2n) is 4.29. The summed E-state index contributed by atoms with van der Waals surface area (Å²) in [6.07, 6.45) is -0.520. The summed E-state index contributed by atoms with van der Waals surface area (Å²) in [7, 11) is 0. The van der Waals surface area contributed by atoms with Crippen LogP contribution in [0.1, 0.15) is 28.9 Å². The van der Waals surface area contributed by atoms with Gasteiger partial charge in [-0.3, -0.25) is 4.79 Å². The Bertz CT molecular complexity index is 605. The van der Waals surface area contributed by atoms with Gasteiger partial charge in [-0.25, -0.2) is 9.18 Å². The van der Waals surface area contributed by atoms with Crippen molar-refractivity contribution in [2.24, 2.45) is 0 Å². The maximum atomic E-state index is 12.8. The number of hydrogen-bond donors (Lipinski definition) is 0. The van der Waals surface area contributed by atoms with Crippen LogP contribution < -0.4 is 0 Å². The molecule has 0 radical (unpaired) electrons. The molecule has 0 saturated carbocycles. The first-order valence-corrected chi connectivity index (χ1v) is 6.14. The summed E-state index contributed by atoms with van der Waals surface area (Å²) in [5.41, 5.74) is 0.907. The molecule has 4 heteroatoms. The number of hydrogen-bond acceptors (Lipinski definition) is 3. The molecule has 0 N–H and O–H groups in total. The number of esters is 1. The van der Waals surface area contributed by atoms with Gasteiger partial charge in [-0.05, 0) is 36.8 Å². The van der Waals surface area contributed by atoms with Gasteiger partial charge in [0.2, 0.25) is 0 Å². The molecule has 2 rings (SSSR count). The molecule has 102 valence electrons. The fourth-order valence-corrected chi connectivity index (χ4v) is 1.73. The first-order chi connectivity index (χ1) is 9.58. The molecule has 0 aliphatic heterocycles. The molecule has 0 aliphatic carbocycles. The van der Waals surface area contributed by atoms with Crippen LogP contribution in [0.15, 0.2) is 54.6 Å². The highest BCUT2D eigenvalue weighted by Gasteiger charge is 2.21. The van der Waals surface area contributed by atoms with E-state index in [1.54, 1.807) is 19.1 Å². The summed E-state index contributed by atoms with van der Waals surface area (Å²) in [5, 5.41) is 0. The van der Waals surface area contributed by atoms with Crippen molar-refractivity contribution in [3.8, 4) is 0 Å². The van der Waals surface area contributed by atoms with E-state index in [4.69, 9.17) is 4.74 Å². The Kier molecular flexibility index (Phi) is 4.25. The van der Waals surface area contributed by atoms with Gasteiger partial charge in [-0.15, -0.1) is 0 Å². The van der Waals surface area contributed by atoms with Crippen LogP contribution in [-0.4, -0.2) is 11.8 Å². The lowest BCUT2D eigenvalue weighted by Crippen LogP contribution is -2.19. The average Bonchev–Trinajstić information content (AvgIpc) is 2.48. The van der Waals surface area contributed by atoms with Gasteiger partial charge in [-0.2, -0.15) is 0 Å². The highest BCUT2D eigenvalue weighted by Crippen LogP contribution is 2.17. The Labute approximate surface area is 116 Å². The summed E-state index contributed by atoms with van der Waals surface area (Å²) in [4.78, 5) is 23.6. The second kappa shape index (κ2) is 6.10. The Morgan fingerprint density at radius 2 is 1.60 bits per heavy atom. The zero-order chi connectivity index (χ0) is 14.5. The Morgan fingerprint density at radius 3 is 2.20 bits per heavy atom. The summed E-state index contributed by atoms with van der Waals surface area (Å²) >= 11 is 0. The monoisotopic (exact) mass is 272 g/mol. The SMILES string of the molecule is CC(OC(=O)C(=O)c1ccc(F)cc1)c1ccccc1. The molecule has 3 nitrogen and oxygen atoms in total. The minimum atomic E-state index is -0.951. The molecule has 0 aliphatic rings. The predicted molar refractivity (Wildman–Crippen MR) is 71.7 cm³/mol. The molecule has 0 spiro atoms. The van der Waals surface area contributed by atoms with Gasteiger partial charge in [0.05, 0.1) is 0 Å². The van der Waals surface area contributed by atoms with Crippen molar-refractivity contribution >= 4 is 11.8 Å². The molecule has 0 fully saturated rings. The van der Waals surface area contributed by atoms with E-state index >= 15 is 0 Å². The number of halogens is 1. The van der Waals surface area contributed by atoms with E-state index < -0.39 is 23.7 Å². The van der Waals surface area contributed by atoms with E-state index in [1.165, 1.54) is 12.1 Å². The van der Waals surface area contributed by atoms with Gasteiger partial charge >= 0.3 is 5.97 Å². The van der Waals surface area contributed by atoms with E-state index in [0.29, 0.717) is 0 Å². The number of carbonyl (C=O) groups is 2. The lowest BCUT2D eigenvalue weighted by atomic mass is 10.1. The maximum Gasteiger partial charge on any atom is 0.380 e. The zero-order valence-electron chi connectivity index (χ0n) is 10.9. The molecule has 1 unspecified atom stereocenters. The van der Waals surface area contributed by atoms with E-state index in [-0.39, 0.29) is 5.56 Å². The van der Waals surface area contributed by atoms with E-state index in [1.807, 2.05) is 18.2 Å². The average molecular weight is 272 g/mol. The van der Waals surface area contributed by atoms with Crippen LogP contribution in [0.5, 0.6) is 0 Å². The van der Waals surface area contributed by atoms with Gasteiger partial charge in [0.1, 0.15) is 11.9 Å². The third-order valence-electron chi connectivity index (χ3n) is 2.84. The van der Waals surface area contributed by atoms with Crippen LogP contribution in [-0.2, 0) is 9.53 Å². The Balaban J connectivity index is 2.05. The predicted octanol–water partition coefficient (Wildman–Crippen LogP) is 3.31. The molecule has 0 saturated heterocycles. The highest BCUT2D eigenvalue weighted by molar-refractivity contribution is 6.40. The summed E-state index contributed by atoms with van der Waals surface area (Å²) in [6, 6.07) is 13.9. The van der Waals surface area contributed by atoms with Gasteiger partial charge in [0.15, 0.2) is 0 Å². The number of benzene rings is 2. The molecule has 2 aromatic carbocycles. The number of ketones is 1. The van der Waals surface area contributed by atoms with Crippen molar-refractivity contribution in [2.75, 3.05) is 0 Å². The van der Waals surface area contributed by atoms with Gasteiger partial charge in [0, 0.05) is 5.56 Å². The number of rotatable bonds is 4. The van der Waals surface area contributed by atoms with Gasteiger partial charge in [-0.1, -0.05) is 30.3 Å². The Hall–Kier alpha value is -2.49. The van der Waals surface area contributed by atoms with Crippen molar-refractivity contribution in [3.63, 3.8) is 0 Å². The molecule has 20 heavy (non-hydrogen) atoms. The van der Waals surface area contributed by atoms with Crippen molar-refractivity contribution in [1.82, 2.24) is 0 Å². The molecule has 0 heterocycles. The van der Waals surface area contributed by atoms with Crippen LogP contribution in [0.4, 0.5) is 4.39 Å². The standard InChI is InChI=1S/C16H13FO3/c1-11(12-5-3-2-4-6-12)20-16(19)15(18)13-7-9-14(17)10-8-13/h2-11H,1H3. The maximum absolute atomic E-state index is 12.8. The van der Waals surface area contributed by atoms with Crippen molar-refractivity contribution < 1.29 is 18.7 Å². The fourth-order valence-electron chi connectivity index (χ4n) is 1.73. The minimum absolute atomic E-state index is 0.108. The molecule has 0 bridgehead atoms. The van der Waals surface area contributed by atoms with E-state index in [2.05, 4.69) is 0 Å². The first kappa shape index (κ1) is 13.9. The molecular weight excluding hydrogens is 259 g/mol. The van der Waals surface area contributed by atoms with Crippen molar-refractivity contribution in [1.29, 1.82) is 0 Å². The normalized spacial score (nSPS) is 11.7. The smallest absolute Gasteiger partial charge is 0.380 e. The molecular formula is C16H13FO3.